The molecular weight excluding hydrogens is 642 g/mol. The van der Waals surface area contributed by atoms with Crippen molar-refractivity contribution < 1.29 is 35.0 Å². The Labute approximate surface area is 291 Å². The maximum absolute atomic E-state index is 14.8. The minimum Gasteiger partial charge on any atom is -0.872 e. The first-order chi connectivity index (χ1) is 22.7. The zero-order valence-electron chi connectivity index (χ0n) is 28.0. The quantitative estimate of drug-likeness (QED) is 0.117. The fourth-order valence-electron chi connectivity index (χ4n) is 6.08. The normalized spacial score (nSPS) is 13.0. The van der Waals surface area contributed by atoms with E-state index in [1.165, 1.54) is 4.90 Å². The van der Waals surface area contributed by atoms with Crippen molar-refractivity contribution >= 4 is 46.4 Å². The molecule has 9 nitrogen and oxygen atoms in total. The summed E-state index contributed by atoms with van der Waals surface area (Å²) in [5.41, 5.74) is 4.88. The van der Waals surface area contributed by atoms with Crippen molar-refractivity contribution in [3.63, 3.8) is 0 Å². The lowest BCUT2D eigenvalue weighted by molar-refractivity contribution is -0.672. The number of Topliss-reactive ketones (excluding diaryl/α,β-unsaturated/α-hetero) is 2. The summed E-state index contributed by atoms with van der Waals surface area (Å²) in [7, 11) is 3.38. The Morgan fingerprint density at radius 1 is 0.939 bits per heavy atom. The molecule has 1 amide bonds. The second kappa shape index (κ2) is 16.8. The summed E-state index contributed by atoms with van der Waals surface area (Å²) in [5.74, 6) is -1.70. The minimum absolute atomic E-state index is 0. The van der Waals surface area contributed by atoms with Crippen LogP contribution in [0.1, 0.15) is 69.1 Å². The number of halogens is 1. The number of aryl methyl sites for hydroxylation is 2. The SMILES string of the molecule is CCCC[n+]1cn([C@@H](C(=O)c2ccc(Cl)cc2)[C@@H](C2=C([O-])c3ccccc3C2=O)c2cccc(C)c2)c2ccccc21.CN(C)C=O.O.O. The van der Waals surface area contributed by atoms with E-state index in [2.05, 4.69) is 11.5 Å². The van der Waals surface area contributed by atoms with Crippen LogP contribution in [0, 0.1) is 6.92 Å². The highest BCUT2D eigenvalue weighted by atomic mass is 35.5. The van der Waals surface area contributed by atoms with Gasteiger partial charge in [-0.2, -0.15) is 0 Å². The molecule has 0 bridgehead atoms. The number of hydrogen-bond acceptors (Lipinski definition) is 4. The van der Waals surface area contributed by atoms with Gasteiger partial charge in [0.1, 0.15) is 0 Å². The Morgan fingerprint density at radius 3 is 2.18 bits per heavy atom. The monoisotopic (exact) mass is 683 g/mol. The number of unbranched alkanes of at least 4 members (excludes halogenated alkanes) is 1. The number of ketones is 2. The van der Waals surface area contributed by atoms with E-state index in [1.807, 2.05) is 66.3 Å². The molecule has 0 spiro atoms. The molecule has 10 heteroatoms. The predicted octanol–water partition coefficient (Wildman–Crippen LogP) is 4.92. The summed E-state index contributed by atoms with van der Waals surface area (Å²) in [6.07, 6.45) is 4.71. The van der Waals surface area contributed by atoms with Gasteiger partial charge in [-0.1, -0.05) is 96.9 Å². The molecule has 6 rings (SSSR count). The van der Waals surface area contributed by atoms with E-state index in [9.17, 15) is 19.5 Å². The summed E-state index contributed by atoms with van der Waals surface area (Å²) in [6, 6.07) is 28.5. The predicted molar refractivity (Wildman–Crippen MR) is 190 cm³/mol. The maximum atomic E-state index is 14.8. The molecular formula is C39H42ClN3O6. The maximum Gasteiger partial charge on any atom is 0.245 e. The highest BCUT2D eigenvalue weighted by Gasteiger charge is 2.44. The number of amides is 1. The van der Waals surface area contributed by atoms with Gasteiger partial charge in [-0.05, 0) is 60.9 Å². The summed E-state index contributed by atoms with van der Waals surface area (Å²) in [6.45, 7) is 4.89. The Hall–Kier alpha value is -5.09. The number of hydrogen-bond donors (Lipinski definition) is 0. The van der Waals surface area contributed by atoms with Crippen LogP contribution in [-0.4, -0.2) is 52.5 Å². The molecule has 49 heavy (non-hydrogen) atoms. The molecule has 0 saturated carbocycles. The summed E-state index contributed by atoms with van der Waals surface area (Å²) in [5, 5.41) is 14.6. The van der Waals surface area contributed by atoms with E-state index >= 15 is 0 Å². The molecule has 2 atom stereocenters. The van der Waals surface area contributed by atoms with Crippen LogP contribution in [0.2, 0.25) is 5.02 Å². The van der Waals surface area contributed by atoms with Crippen LogP contribution >= 0.6 is 11.6 Å². The molecule has 0 saturated heterocycles. The van der Waals surface area contributed by atoms with Crippen molar-refractivity contribution in [1.29, 1.82) is 0 Å². The highest BCUT2D eigenvalue weighted by molar-refractivity contribution is 6.30. The van der Waals surface area contributed by atoms with Gasteiger partial charge in [-0.3, -0.25) is 14.4 Å². The molecule has 1 aromatic heterocycles. The van der Waals surface area contributed by atoms with Crippen molar-refractivity contribution in [3.05, 3.63) is 142 Å². The number of aromatic nitrogens is 2. The van der Waals surface area contributed by atoms with Crippen LogP contribution < -0.4 is 9.67 Å². The number of carbonyl (C=O) groups excluding carboxylic acids is 3. The lowest BCUT2D eigenvalue weighted by atomic mass is 9.79. The lowest BCUT2D eigenvalue weighted by Gasteiger charge is -2.28. The van der Waals surface area contributed by atoms with Gasteiger partial charge in [-0.15, -0.1) is 0 Å². The lowest BCUT2D eigenvalue weighted by Crippen LogP contribution is -2.34. The molecule has 4 aromatic carbocycles. The third-order valence-corrected chi connectivity index (χ3v) is 8.58. The summed E-state index contributed by atoms with van der Waals surface area (Å²) in [4.78, 5) is 39.7. The van der Waals surface area contributed by atoms with Crippen LogP contribution in [0.3, 0.4) is 0 Å². The molecule has 4 N–H and O–H groups in total. The molecule has 0 aliphatic heterocycles. The van der Waals surface area contributed by atoms with Crippen LogP contribution in [0.15, 0.2) is 109 Å². The number of benzene rings is 4. The first-order valence-corrected chi connectivity index (χ1v) is 16.1. The number of imidazole rings is 1. The average molecular weight is 684 g/mol. The van der Waals surface area contributed by atoms with Gasteiger partial charge in [0.25, 0.3) is 0 Å². The van der Waals surface area contributed by atoms with Gasteiger partial charge >= 0.3 is 0 Å². The van der Waals surface area contributed by atoms with Crippen molar-refractivity contribution in [2.24, 2.45) is 0 Å². The largest absolute Gasteiger partial charge is 0.872 e. The van der Waals surface area contributed by atoms with E-state index in [4.69, 9.17) is 11.6 Å². The first-order valence-electron chi connectivity index (χ1n) is 15.7. The minimum atomic E-state index is -0.919. The Balaban J connectivity index is 0.000000868. The number of para-hydroxylation sites is 2. The van der Waals surface area contributed by atoms with Crippen molar-refractivity contribution in [1.82, 2.24) is 9.47 Å². The third kappa shape index (κ3) is 7.97. The zero-order valence-corrected chi connectivity index (χ0v) is 28.8. The van der Waals surface area contributed by atoms with Crippen LogP contribution in [0.4, 0.5) is 0 Å². The summed E-state index contributed by atoms with van der Waals surface area (Å²) >= 11 is 6.20. The third-order valence-electron chi connectivity index (χ3n) is 8.33. The van der Waals surface area contributed by atoms with Crippen LogP contribution in [-0.2, 0) is 11.3 Å². The number of rotatable bonds is 10. The molecule has 0 radical (unpaired) electrons. The van der Waals surface area contributed by atoms with E-state index in [-0.39, 0.29) is 33.9 Å². The number of carbonyl (C=O) groups is 3. The number of allylic oxidation sites excluding steroid dienone is 1. The number of fused-ring (bicyclic) bond motifs is 2. The van der Waals surface area contributed by atoms with Gasteiger partial charge in [0.05, 0.1) is 12.5 Å². The molecule has 256 valence electrons. The molecule has 5 aromatic rings. The molecule has 1 heterocycles. The standard InChI is InChI=1S/C36H31ClN2O3.C3H7NO.2H2O/c1-3-4-20-38-22-39(30-15-8-7-14-29(30)38)33(34(40)24-16-18-26(37)19-17-24)31(25-11-9-10-23(2)21-25)32-35(41)27-12-5-6-13-28(27)36(32)42;1-4(2)3-5;;/h5-19,21-22,31,33H,3-4,20H2,1-2H3;3H,1-2H3;2*1H2/t31-,33-;;;/m1.../s1. The second-order valence-electron chi connectivity index (χ2n) is 12.0. The summed E-state index contributed by atoms with van der Waals surface area (Å²) < 4.78 is 4.12. The van der Waals surface area contributed by atoms with Gasteiger partial charge in [0.15, 0.2) is 22.9 Å². The van der Waals surface area contributed by atoms with E-state index in [0.717, 1.165) is 48.0 Å². The molecule has 1 aliphatic carbocycles. The fraction of sp³-hybridized carbons (Fsp3) is 0.231. The van der Waals surface area contributed by atoms with Crippen molar-refractivity contribution in [3.8, 4) is 0 Å². The van der Waals surface area contributed by atoms with E-state index < -0.39 is 12.0 Å². The van der Waals surface area contributed by atoms with E-state index in [1.54, 1.807) is 62.6 Å². The first kappa shape index (κ1) is 38.4. The smallest absolute Gasteiger partial charge is 0.245 e. The van der Waals surface area contributed by atoms with Crippen LogP contribution in [0.25, 0.3) is 16.8 Å². The van der Waals surface area contributed by atoms with E-state index in [0.29, 0.717) is 21.7 Å². The molecule has 0 fully saturated rings. The number of nitrogens with zero attached hydrogens (tertiary/aromatic N) is 3. The molecule has 1 aliphatic rings. The Bertz CT molecular complexity index is 1970. The zero-order chi connectivity index (χ0) is 33.7. The van der Waals surface area contributed by atoms with Crippen LogP contribution in [0.5, 0.6) is 0 Å². The Kier molecular flexibility index (Phi) is 13.2. The van der Waals surface area contributed by atoms with Gasteiger partial charge in [0.2, 0.25) is 18.5 Å². The molecule has 0 unspecified atom stereocenters. The topological polar surface area (TPSA) is 149 Å². The highest BCUT2D eigenvalue weighted by Crippen LogP contribution is 2.45. The van der Waals surface area contributed by atoms with Crippen molar-refractivity contribution in [2.45, 2.75) is 45.2 Å². The van der Waals surface area contributed by atoms with Gasteiger partial charge in [0, 0.05) is 35.8 Å². The van der Waals surface area contributed by atoms with Crippen molar-refractivity contribution in [2.75, 3.05) is 14.1 Å². The van der Waals surface area contributed by atoms with Gasteiger partial charge in [-0.25, -0.2) is 9.13 Å². The van der Waals surface area contributed by atoms with Gasteiger partial charge < -0.3 is 21.0 Å². The average Bonchev–Trinajstić information content (AvgIpc) is 3.56. The Morgan fingerprint density at radius 2 is 1.57 bits per heavy atom. The fourth-order valence-corrected chi connectivity index (χ4v) is 6.20. The second-order valence-corrected chi connectivity index (χ2v) is 12.4.